The fourth-order valence-corrected chi connectivity index (χ4v) is 3.34. The monoisotopic (exact) mass is 378 g/mol. The second-order valence-corrected chi connectivity index (χ2v) is 6.72. The highest BCUT2D eigenvalue weighted by atomic mass is 32.1. The normalized spacial score (nSPS) is 11.1. The maximum Gasteiger partial charge on any atom is 0.268 e. The fourth-order valence-electron chi connectivity index (χ4n) is 2.82. The van der Waals surface area contributed by atoms with Crippen molar-refractivity contribution in [3.8, 4) is 17.5 Å². The lowest BCUT2D eigenvalue weighted by molar-refractivity contribution is -0.112. The van der Waals surface area contributed by atoms with E-state index in [1.807, 2.05) is 50.2 Å². The Morgan fingerprint density at radius 1 is 1.33 bits per heavy atom. The van der Waals surface area contributed by atoms with E-state index in [0.29, 0.717) is 5.13 Å². The molecule has 7 heteroatoms. The highest BCUT2D eigenvalue weighted by molar-refractivity contribution is 7.13. The molecule has 6 nitrogen and oxygen atoms in total. The highest BCUT2D eigenvalue weighted by Gasteiger charge is 2.14. The van der Waals surface area contributed by atoms with Crippen molar-refractivity contribution >= 4 is 28.5 Å². The molecule has 0 atom stereocenters. The SMILES string of the molecule is COc1ccc(-n2c(C)cc(/C=C(/C#N)C(=O)Nc3nccs3)c2C)cc1. The summed E-state index contributed by atoms with van der Waals surface area (Å²) in [7, 11) is 1.63. The molecule has 3 rings (SSSR count). The van der Waals surface area contributed by atoms with E-state index in [0.717, 1.165) is 28.4 Å². The number of thiazole rings is 1. The third kappa shape index (κ3) is 3.91. The van der Waals surface area contributed by atoms with E-state index in [1.165, 1.54) is 11.3 Å². The lowest BCUT2D eigenvalue weighted by atomic mass is 10.1. The number of aromatic nitrogens is 2. The Morgan fingerprint density at radius 2 is 2.07 bits per heavy atom. The van der Waals surface area contributed by atoms with Gasteiger partial charge in [0, 0.05) is 28.7 Å². The summed E-state index contributed by atoms with van der Waals surface area (Å²) in [6.45, 7) is 3.94. The molecule has 3 aromatic rings. The first-order chi connectivity index (χ1) is 13.0. The number of benzene rings is 1. The number of ether oxygens (including phenoxy) is 1. The maximum absolute atomic E-state index is 12.3. The van der Waals surface area contributed by atoms with Crippen LogP contribution in [-0.4, -0.2) is 22.6 Å². The van der Waals surface area contributed by atoms with E-state index in [1.54, 1.807) is 24.8 Å². The molecule has 1 amide bonds. The van der Waals surface area contributed by atoms with E-state index in [9.17, 15) is 10.1 Å². The first-order valence-corrected chi connectivity index (χ1v) is 9.07. The van der Waals surface area contributed by atoms with Gasteiger partial charge in [-0.1, -0.05) is 0 Å². The van der Waals surface area contributed by atoms with E-state index < -0.39 is 5.91 Å². The smallest absolute Gasteiger partial charge is 0.268 e. The van der Waals surface area contributed by atoms with Gasteiger partial charge in [0.25, 0.3) is 5.91 Å². The number of hydrogen-bond donors (Lipinski definition) is 1. The molecule has 2 heterocycles. The molecule has 27 heavy (non-hydrogen) atoms. The third-order valence-electron chi connectivity index (χ3n) is 4.12. The standard InChI is InChI=1S/C20H18N4O2S/c1-13-10-15(11-16(12-21)19(25)23-20-22-8-9-27-20)14(2)24(13)17-4-6-18(26-3)7-5-17/h4-11H,1-3H3,(H,22,23,25)/b16-11-. The summed E-state index contributed by atoms with van der Waals surface area (Å²) in [5.41, 5.74) is 3.76. The average Bonchev–Trinajstić information content (AvgIpc) is 3.27. The number of aryl methyl sites for hydroxylation is 1. The number of rotatable bonds is 5. The molecule has 0 saturated heterocycles. The molecule has 1 N–H and O–H groups in total. The van der Waals surface area contributed by atoms with Gasteiger partial charge in [-0.25, -0.2) is 4.98 Å². The summed E-state index contributed by atoms with van der Waals surface area (Å²) < 4.78 is 7.27. The summed E-state index contributed by atoms with van der Waals surface area (Å²) in [6, 6.07) is 11.6. The van der Waals surface area contributed by atoms with Crippen molar-refractivity contribution < 1.29 is 9.53 Å². The number of carbonyl (C=O) groups is 1. The Bertz CT molecular complexity index is 1030. The molecule has 0 aliphatic rings. The minimum atomic E-state index is -0.471. The number of nitriles is 1. The first-order valence-electron chi connectivity index (χ1n) is 8.19. The predicted molar refractivity (Wildman–Crippen MR) is 106 cm³/mol. The van der Waals surface area contributed by atoms with E-state index >= 15 is 0 Å². The predicted octanol–water partition coefficient (Wildman–Crippen LogP) is 4.10. The largest absolute Gasteiger partial charge is 0.497 e. The van der Waals surface area contributed by atoms with Crippen molar-refractivity contribution in [1.29, 1.82) is 5.26 Å². The molecule has 136 valence electrons. The molecule has 0 aliphatic carbocycles. The van der Waals surface area contributed by atoms with Gasteiger partial charge >= 0.3 is 0 Å². The zero-order chi connectivity index (χ0) is 19.4. The summed E-state index contributed by atoms with van der Waals surface area (Å²) in [5.74, 6) is 0.314. The lowest BCUT2D eigenvalue weighted by Crippen LogP contribution is -2.13. The Kier molecular flexibility index (Phi) is 5.38. The van der Waals surface area contributed by atoms with Gasteiger partial charge < -0.3 is 9.30 Å². The van der Waals surface area contributed by atoms with Crippen molar-refractivity contribution in [2.45, 2.75) is 13.8 Å². The topological polar surface area (TPSA) is 79.9 Å². The van der Waals surface area contributed by atoms with Crippen molar-refractivity contribution in [3.63, 3.8) is 0 Å². The quantitative estimate of drug-likeness (QED) is 0.535. The van der Waals surface area contributed by atoms with Crippen LogP contribution in [0.3, 0.4) is 0 Å². The number of methoxy groups -OCH3 is 1. The Balaban J connectivity index is 1.93. The maximum atomic E-state index is 12.3. The van der Waals surface area contributed by atoms with Crippen LogP contribution in [0, 0.1) is 25.2 Å². The molecule has 0 radical (unpaired) electrons. The van der Waals surface area contributed by atoms with Crippen molar-refractivity contribution in [2.75, 3.05) is 12.4 Å². The first kappa shape index (κ1) is 18.4. The number of carbonyl (C=O) groups excluding carboxylic acids is 1. The van der Waals surface area contributed by atoms with Gasteiger partial charge in [0.2, 0.25) is 0 Å². The average molecular weight is 378 g/mol. The van der Waals surface area contributed by atoms with Gasteiger partial charge in [-0.2, -0.15) is 5.26 Å². The van der Waals surface area contributed by atoms with Crippen molar-refractivity contribution in [3.05, 3.63) is 64.4 Å². The molecule has 0 unspecified atom stereocenters. The Hall–Kier alpha value is -3.37. The molecular weight excluding hydrogens is 360 g/mol. The van der Waals surface area contributed by atoms with Crippen LogP contribution >= 0.6 is 11.3 Å². The molecule has 0 spiro atoms. The molecule has 0 fully saturated rings. The Labute approximate surface area is 161 Å². The highest BCUT2D eigenvalue weighted by Crippen LogP contribution is 2.24. The molecule has 0 bridgehead atoms. The van der Waals surface area contributed by atoms with Gasteiger partial charge in [-0.3, -0.25) is 10.1 Å². The summed E-state index contributed by atoms with van der Waals surface area (Å²) in [4.78, 5) is 16.3. The van der Waals surface area contributed by atoms with Gasteiger partial charge in [0.15, 0.2) is 5.13 Å². The van der Waals surface area contributed by atoms with Crippen LogP contribution in [0.5, 0.6) is 5.75 Å². The number of nitrogens with zero attached hydrogens (tertiary/aromatic N) is 3. The zero-order valence-corrected chi connectivity index (χ0v) is 16.0. The van der Waals surface area contributed by atoms with Crippen LogP contribution in [0.25, 0.3) is 11.8 Å². The number of nitrogens with one attached hydrogen (secondary N) is 1. The number of hydrogen-bond acceptors (Lipinski definition) is 5. The van der Waals surface area contributed by atoms with Crippen LogP contribution in [0.4, 0.5) is 5.13 Å². The third-order valence-corrected chi connectivity index (χ3v) is 4.81. The van der Waals surface area contributed by atoms with E-state index in [2.05, 4.69) is 14.9 Å². The molecule has 0 aliphatic heterocycles. The minimum absolute atomic E-state index is 0.0279. The molecular formula is C20H18N4O2S. The Morgan fingerprint density at radius 3 is 2.67 bits per heavy atom. The second-order valence-electron chi connectivity index (χ2n) is 5.82. The molecule has 2 aromatic heterocycles. The van der Waals surface area contributed by atoms with Gasteiger partial charge in [-0.15, -0.1) is 11.3 Å². The molecule has 0 saturated carbocycles. The van der Waals surface area contributed by atoms with Crippen LogP contribution < -0.4 is 10.1 Å². The van der Waals surface area contributed by atoms with Crippen LogP contribution in [0.1, 0.15) is 17.0 Å². The van der Waals surface area contributed by atoms with Gasteiger partial charge in [-0.05, 0) is 55.8 Å². The fraction of sp³-hybridized carbons (Fsp3) is 0.150. The lowest BCUT2D eigenvalue weighted by Gasteiger charge is -2.10. The van der Waals surface area contributed by atoms with Crippen LogP contribution in [0.15, 0.2) is 47.5 Å². The van der Waals surface area contributed by atoms with Crippen LogP contribution in [-0.2, 0) is 4.79 Å². The van der Waals surface area contributed by atoms with Gasteiger partial charge in [0.05, 0.1) is 7.11 Å². The minimum Gasteiger partial charge on any atom is -0.497 e. The van der Waals surface area contributed by atoms with Crippen molar-refractivity contribution in [1.82, 2.24) is 9.55 Å². The summed E-state index contributed by atoms with van der Waals surface area (Å²) in [6.07, 6.45) is 3.20. The molecule has 1 aromatic carbocycles. The van der Waals surface area contributed by atoms with Crippen molar-refractivity contribution in [2.24, 2.45) is 0 Å². The van der Waals surface area contributed by atoms with Crippen LogP contribution in [0.2, 0.25) is 0 Å². The number of amides is 1. The number of anilines is 1. The summed E-state index contributed by atoms with van der Waals surface area (Å²) >= 11 is 1.30. The zero-order valence-electron chi connectivity index (χ0n) is 15.2. The van der Waals surface area contributed by atoms with E-state index in [-0.39, 0.29) is 5.57 Å². The van der Waals surface area contributed by atoms with Gasteiger partial charge in [0.1, 0.15) is 17.4 Å². The summed E-state index contributed by atoms with van der Waals surface area (Å²) in [5, 5.41) is 14.3. The second kappa shape index (κ2) is 7.89. The van der Waals surface area contributed by atoms with E-state index in [4.69, 9.17) is 4.74 Å².